The molecule has 2 aromatic rings. The summed E-state index contributed by atoms with van der Waals surface area (Å²) in [5.41, 5.74) is 8.60. The molecule has 2 N–H and O–H groups in total. The summed E-state index contributed by atoms with van der Waals surface area (Å²) in [6.07, 6.45) is 0.173. The van der Waals surface area contributed by atoms with Crippen LogP contribution in [0.1, 0.15) is 35.3 Å². The van der Waals surface area contributed by atoms with Crippen LogP contribution < -0.4 is 10.5 Å². The molecule has 0 aliphatic carbocycles. The van der Waals surface area contributed by atoms with Gasteiger partial charge in [0.15, 0.2) is 0 Å². The van der Waals surface area contributed by atoms with Gasteiger partial charge in [-0.15, -0.1) is 0 Å². The number of benzene rings is 2. The zero-order valence-corrected chi connectivity index (χ0v) is 11.8. The molecule has 0 fully saturated rings. The van der Waals surface area contributed by atoms with Gasteiger partial charge in [0, 0.05) is 28.6 Å². The van der Waals surface area contributed by atoms with E-state index in [0.29, 0.717) is 22.8 Å². The second-order valence-electron chi connectivity index (χ2n) is 5.16. The number of fused-ring (bicyclic) bond motifs is 1. The standard InChI is InChI=1S/C16H15ClFNO/c1-9-2-4-13(18)11(6-9)16-8-14(19)12-7-10(17)3-5-15(12)20-16/h2-7,14,16H,8,19H2,1H3/t14-,16?/m1/s1. The van der Waals surface area contributed by atoms with Crippen molar-refractivity contribution < 1.29 is 9.13 Å². The van der Waals surface area contributed by atoms with Crippen LogP contribution in [-0.4, -0.2) is 0 Å². The molecule has 2 aromatic carbocycles. The number of aryl methyl sites for hydroxylation is 1. The van der Waals surface area contributed by atoms with E-state index in [1.54, 1.807) is 18.2 Å². The normalized spacial score (nSPS) is 21.2. The van der Waals surface area contributed by atoms with Crippen molar-refractivity contribution >= 4 is 11.6 Å². The van der Waals surface area contributed by atoms with E-state index in [4.69, 9.17) is 22.1 Å². The maximum absolute atomic E-state index is 14.0. The molecule has 0 radical (unpaired) electrons. The zero-order valence-electron chi connectivity index (χ0n) is 11.1. The first-order valence-corrected chi connectivity index (χ1v) is 6.90. The van der Waals surface area contributed by atoms with Gasteiger partial charge < -0.3 is 10.5 Å². The van der Waals surface area contributed by atoms with Crippen LogP contribution in [0, 0.1) is 12.7 Å². The molecule has 2 atom stereocenters. The molecule has 104 valence electrons. The van der Waals surface area contributed by atoms with Crippen molar-refractivity contribution in [3.8, 4) is 5.75 Å². The van der Waals surface area contributed by atoms with Gasteiger partial charge in [-0.3, -0.25) is 0 Å². The van der Waals surface area contributed by atoms with Crippen molar-refractivity contribution in [1.82, 2.24) is 0 Å². The van der Waals surface area contributed by atoms with E-state index in [2.05, 4.69) is 0 Å². The highest BCUT2D eigenvalue weighted by molar-refractivity contribution is 6.30. The monoisotopic (exact) mass is 291 g/mol. The topological polar surface area (TPSA) is 35.2 Å². The van der Waals surface area contributed by atoms with E-state index in [0.717, 1.165) is 11.1 Å². The summed E-state index contributed by atoms with van der Waals surface area (Å²) in [4.78, 5) is 0. The highest BCUT2D eigenvalue weighted by atomic mass is 35.5. The average molecular weight is 292 g/mol. The minimum atomic E-state index is -0.362. The summed E-state index contributed by atoms with van der Waals surface area (Å²) in [6, 6.07) is 10.2. The van der Waals surface area contributed by atoms with Crippen LogP contribution in [0.15, 0.2) is 36.4 Å². The fourth-order valence-corrected chi connectivity index (χ4v) is 2.76. The summed E-state index contributed by atoms with van der Waals surface area (Å²) in [7, 11) is 0. The number of hydrogen-bond donors (Lipinski definition) is 1. The third-order valence-corrected chi connectivity index (χ3v) is 3.84. The van der Waals surface area contributed by atoms with Gasteiger partial charge in [-0.05, 0) is 37.3 Å². The number of nitrogens with two attached hydrogens (primary N) is 1. The van der Waals surface area contributed by atoms with Crippen LogP contribution in [0.5, 0.6) is 5.75 Å². The van der Waals surface area contributed by atoms with Crippen molar-refractivity contribution in [1.29, 1.82) is 0 Å². The first-order chi connectivity index (χ1) is 9.54. The SMILES string of the molecule is Cc1ccc(F)c(C2C[C@@H](N)c3cc(Cl)ccc3O2)c1. The molecule has 0 spiro atoms. The van der Waals surface area contributed by atoms with E-state index in [9.17, 15) is 4.39 Å². The van der Waals surface area contributed by atoms with E-state index in [1.807, 2.05) is 19.1 Å². The second-order valence-corrected chi connectivity index (χ2v) is 5.59. The number of hydrogen-bond acceptors (Lipinski definition) is 2. The van der Waals surface area contributed by atoms with Crippen molar-refractivity contribution in [3.63, 3.8) is 0 Å². The van der Waals surface area contributed by atoms with Crippen LogP contribution in [0.2, 0.25) is 5.02 Å². The van der Waals surface area contributed by atoms with Crippen LogP contribution in [-0.2, 0) is 0 Å². The molecule has 1 unspecified atom stereocenters. The largest absolute Gasteiger partial charge is 0.485 e. The van der Waals surface area contributed by atoms with Gasteiger partial charge in [0.2, 0.25) is 0 Å². The van der Waals surface area contributed by atoms with Crippen molar-refractivity contribution in [2.75, 3.05) is 0 Å². The van der Waals surface area contributed by atoms with E-state index in [1.165, 1.54) is 6.07 Å². The van der Waals surface area contributed by atoms with Crippen LogP contribution in [0.4, 0.5) is 4.39 Å². The lowest BCUT2D eigenvalue weighted by Gasteiger charge is -2.31. The van der Waals surface area contributed by atoms with Gasteiger partial charge in [-0.25, -0.2) is 4.39 Å². The Labute approximate surface area is 122 Å². The fraction of sp³-hybridized carbons (Fsp3) is 0.250. The van der Waals surface area contributed by atoms with Crippen LogP contribution >= 0.6 is 11.6 Å². The lowest BCUT2D eigenvalue weighted by molar-refractivity contribution is 0.157. The Balaban J connectivity index is 1.99. The predicted octanol–water partition coefficient (Wildman–Crippen LogP) is 4.31. The number of halogens is 2. The molecular weight excluding hydrogens is 277 g/mol. The van der Waals surface area contributed by atoms with E-state index in [-0.39, 0.29) is 18.0 Å². The first kappa shape index (κ1) is 13.4. The van der Waals surface area contributed by atoms with E-state index >= 15 is 0 Å². The van der Waals surface area contributed by atoms with E-state index < -0.39 is 0 Å². The summed E-state index contributed by atoms with van der Waals surface area (Å²) in [5.74, 6) is 0.421. The maximum Gasteiger partial charge on any atom is 0.130 e. The van der Waals surface area contributed by atoms with Gasteiger partial charge in [0.1, 0.15) is 17.7 Å². The van der Waals surface area contributed by atoms with Gasteiger partial charge in [0.25, 0.3) is 0 Å². The Kier molecular flexibility index (Phi) is 3.40. The third-order valence-electron chi connectivity index (χ3n) is 3.61. The lowest BCUT2D eigenvalue weighted by Crippen LogP contribution is -2.24. The number of rotatable bonds is 1. The Morgan fingerprint density at radius 3 is 2.80 bits per heavy atom. The Morgan fingerprint density at radius 1 is 1.20 bits per heavy atom. The highest BCUT2D eigenvalue weighted by Gasteiger charge is 2.29. The lowest BCUT2D eigenvalue weighted by atomic mass is 9.93. The molecular formula is C16H15ClFNO. The van der Waals surface area contributed by atoms with Gasteiger partial charge in [-0.1, -0.05) is 23.2 Å². The molecule has 0 aromatic heterocycles. The molecule has 0 saturated carbocycles. The molecule has 1 heterocycles. The summed E-state index contributed by atoms with van der Waals surface area (Å²) in [5, 5.41) is 0.628. The molecule has 1 aliphatic rings. The first-order valence-electron chi connectivity index (χ1n) is 6.52. The smallest absolute Gasteiger partial charge is 0.130 e. The van der Waals surface area contributed by atoms with Gasteiger partial charge in [0.05, 0.1) is 0 Å². The second kappa shape index (κ2) is 5.08. The van der Waals surface area contributed by atoms with Crippen molar-refractivity contribution in [2.45, 2.75) is 25.5 Å². The number of ether oxygens (including phenoxy) is 1. The predicted molar refractivity (Wildman–Crippen MR) is 77.5 cm³/mol. The maximum atomic E-state index is 14.0. The van der Waals surface area contributed by atoms with Gasteiger partial charge >= 0.3 is 0 Å². The third kappa shape index (κ3) is 2.39. The minimum absolute atomic E-state index is 0.206. The quantitative estimate of drug-likeness (QED) is 0.849. The molecule has 20 heavy (non-hydrogen) atoms. The van der Waals surface area contributed by atoms with Gasteiger partial charge in [-0.2, -0.15) is 0 Å². The highest BCUT2D eigenvalue weighted by Crippen LogP contribution is 2.41. The molecule has 2 nitrogen and oxygen atoms in total. The zero-order chi connectivity index (χ0) is 14.3. The average Bonchev–Trinajstić information content (AvgIpc) is 2.42. The Bertz CT molecular complexity index is 659. The molecule has 1 aliphatic heterocycles. The molecule has 0 saturated heterocycles. The van der Waals surface area contributed by atoms with Crippen molar-refractivity contribution in [2.24, 2.45) is 5.73 Å². The Morgan fingerprint density at radius 2 is 2.00 bits per heavy atom. The Hall–Kier alpha value is -1.58. The minimum Gasteiger partial charge on any atom is -0.485 e. The summed E-state index contributed by atoms with van der Waals surface area (Å²) >= 11 is 5.97. The van der Waals surface area contributed by atoms with Crippen LogP contribution in [0.3, 0.4) is 0 Å². The van der Waals surface area contributed by atoms with Crippen LogP contribution in [0.25, 0.3) is 0 Å². The molecule has 0 bridgehead atoms. The molecule has 4 heteroatoms. The van der Waals surface area contributed by atoms with Crippen molar-refractivity contribution in [3.05, 3.63) is 63.9 Å². The molecule has 0 amide bonds. The summed E-state index contributed by atoms with van der Waals surface area (Å²) < 4.78 is 19.9. The fourth-order valence-electron chi connectivity index (χ4n) is 2.58. The summed E-state index contributed by atoms with van der Waals surface area (Å²) in [6.45, 7) is 1.93. The molecule has 3 rings (SSSR count).